The second kappa shape index (κ2) is 5.94. The molecule has 5 nitrogen and oxygen atoms in total. The molecule has 3 rings (SSSR count). The number of ether oxygens (including phenoxy) is 1. The molecule has 0 unspecified atom stereocenters. The maximum atomic E-state index is 5.56. The van der Waals surface area contributed by atoms with E-state index in [4.69, 9.17) is 4.74 Å². The lowest BCUT2D eigenvalue weighted by Crippen LogP contribution is -2.29. The predicted octanol–water partition coefficient (Wildman–Crippen LogP) is 2.09. The van der Waals surface area contributed by atoms with E-state index in [1.165, 1.54) is 12.8 Å². The number of benzene rings is 1. The van der Waals surface area contributed by atoms with Gasteiger partial charge in [-0.3, -0.25) is 0 Å². The van der Waals surface area contributed by atoms with Gasteiger partial charge in [0.1, 0.15) is 6.61 Å². The van der Waals surface area contributed by atoms with Gasteiger partial charge in [-0.15, -0.1) is 0 Å². The fraction of sp³-hybridized carbons (Fsp3) is 0.467. The molecule has 0 radical (unpaired) electrons. The Morgan fingerprint density at radius 3 is 2.50 bits per heavy atom. The van der Waals surface area contributed by atoms with Gasteiger partial charge in [0.25, 0.3) is 6.02 Å². The molecule has 0 atom stereocenters. The summed E-state index contributed by atoms with van der Waals surface area (Å²) in [7, 11) is 2.00. The summed E-state index contributed by atoms with van der Waals surface area (Å²) in [5, 5.41) is 0. The van der Waals surface area contributed by atoms with Crippen LogP contribution in [0.5, 0.6) is 0 Å². The molecule has 1 aromatic rings. The molecule has 0 N–H and O–H groups in total. The normalized spacial score (nSPS) is 21.6. The molecule has 5 heteroatoms. The maximum Gasteiger partial charge on any atom is 0.295 e. The molecule has 0 spiro atoms. The largest absolute Gasteiger partial charge is 0.463 e. The summed E-state index contributed by atoms with van der Waals surface area (Å²) in [6.07, 6.45) is 2.41. The average molecular weight is 272 g/mol. The van der Waals surface area contributed by atoms with E-state index in [2.05, 4.69) is 14.9 Å². The van der Waals surface area contributed by atoms with Crippen LogP contribution in [0.2, 0.25) is 0 Å². The highest BCUT2D eigenvalue weighted by molar-refractivity contribution is 5.94. The Hall–Kier alpha value is -2.04. The molecule has 2 aliphatic rings. The fourth-order valence-corrected chi connectivity index (χ4v) is 2.38. The van der Waals surface area contributed by atoms with E-state index in [0.29, 0.717) is 12.6 Å². The maximum absolute atomic E-state index is 5.56. The van der Waals surface area contributed by atoms with E-state index in [1.54, 1.807) is 0 Å². The number of nitrogens with zero attached hydrogens (tertiary/aromatic N) is 4. The molecule has 0 bridgehead atoms. The number of rotatable bonds is 1. The van der Waals surface area contributed by atoms with Crippen molar-refractivity contribution in [3.05, 3.63) is 30.3 Å². The van der Waals surface area contributed by atoms with Crippen molar-refractivity contribution in [2.24, 2.45) is 9.98 Å². The topological polar surface area (TPSA) is 40.4 Å². The monoisotopic (exact) mass is 272 g/mol. The lowest BCUT2D eigenvalue weighted by molar-refractivity contribution is 0.351. The van der Waals surface area contributed by atoms with Crippen molar-refractivity contribution in [3.63, 3.8) is 0 Å². The number of aliphatic imine (C=N–C) groups is 2. The predicted molar refractivity (Wildman–Crippen MR) is 80.4 cm³/mol. The first-order valence-electron chi connectivity index (χ1n) is 7.14. The SMILES string of the molecule is CN1CCOC1=NC(=Nc1ccccc1)N1CCCC1. The number of hydrogen-bond donors (Lipinski definition) is 0. The number of likely N-dealkylation sites (N-methyl/N-ethyl adjacent to an activating group) is 1. The quantitative estimate of drug-likeness (QED) is 0.580. The van der Waals surface area contributed by atoms with Gasteiger partial charge >= 0.3 is 0 Å². The summed E-state index contributed by atoms with van der Waals surface area (Å²) >= 11 is 0. The molecule has 2 fully saturated rings. The lowest BCUT2D eigenvalue weighted by Gasteiger charge is -2.17. The Morgan fingerprint density at radius 2 is 1.85 bits per heavy atom. The van der Waals surface area contributed by atoms with Crippen molar-refractivity contribution in [2.75, 3.05) is 33.3 Å². The van der Waals surface area contributed by atoms with Gasteiger partial charge in [-0.1, -0.05) is 18.2 Å². The molecule has 20 heavy (non-hydrogen) atoms. The summed E-state index contributed by atoms with van der Waals surface area (Å²) in [5.41, 5.74) is 0.930. The Morgan fingerprint density at radius 1 is 1.10 bits per heavy atom. The molecule has 0 aromatic heterocycles. The highest BCUT2D eigenvalue weighted by Gasteiger charge is 2.21. The third kappa shape index (κ3) is 2.92. The van der Waals surface area contributed by atoms with Crippen molar-refractivity contribution in [3.8, 4) is 0 Å². The lowest BCUT2D eigenvalue weighted by atomic mass is 10.3. The zero-order valence-corrected chi connectivity index (χ0v) is 11.8. The van der Waals surface area contributed by atoms with Crippen LogP contribution in [0, 0.1) is 0 Å². The van der Waals surface area contributed by atoms with Crippen LogP contribution in [0.3, 0.4) is 0 Å². The summed E-state index contributed by atoms with van der Waals surface area (Å²) in [4.78, 5) is 13.6. The van der Waals surface area contributed by atoms with Gasteiger partial charge in [0, 0.05) is 20.1 Å². The van der Waals surface area contributed by atoms with Crippen LogP contribution >= 0.6 is 0 Å². The van der Waals surface area contributed by atoms with Crippen molar-refractivity contribution in [1.82, 2.24) is 9.80 Å². The van der Waals surface area contributed by atoms with Gasteiger partial charge in [-0.25, -0.2) is 4.99 Å². The minimum atomic E-state index is 0.673. The molecule has 0 aliphatic carbocycles. The van der Waals surface area contributed by atoms with E-state index < -0.39 is 0 Å². The fourth-order valence-electron chi connectivity index (χ4n) is 2.38. The van der Waals surface area contributed by atoms with Crippen LogP contribution in [0.4, 0.5) is 5.69 Å². The van der Waals surface area contributed by atoms with Crippen molar-refractivity contribution in [1.29, 1.82) is 0 Å². The highest BCUT2D eigenvalue weighted by atomic mass is 16.5. The van der Waals surface area contributed by atoms with Gasteiger partial charge in [0.2, 0.25) is 5.96 Å². The van der Waals surface area contributed by atoms with Crippen LogP contribution in [0.1, 0.15) is 12.8 Å². The van der Waals surface area contributed by atoms with Crippen molar-refractivity contribution >= 4 is 17.7 Å². The smallest absolute Gasteiger partial charge is 0.295 e. The molecule has 2 heterocycles. The molecule has 106 valence electrons. The van der Waals surface area contributed by atoms with Gasteiger partial charge in [-0.05, 0) is 25.0 Å². The Kier molecular flexibility index (Phi) is 3.85. The molecule has 0 saturated carbocycles. The average Bonchev–Trinajstić information content (AvgIpc) is 3.12. The molecular formula is C15H20N4O. The standard InChI is InChI=1S/C15H20N4O/c1-18-11-12-20-15(18)17-14(19-9-5-6-10-19)16-13-7-3-2-4-8-13/h2-4,7-8H,5-6,9-12H2,1H3. The minimum absolute atomic E-state index is 0.673. The molecule has 2 saturated heterocycles. The number of hydrogen-bond acceptors (Lipinski definition) is 2. The first kappa shape index (κ1) is 13.0. The van der Waals surface area contributed by atoms with Gasteiger partial charge in [-0.2, -0.15) is 4.99 Å². The van der Waals surface area contributed by atoms with Gasteiger partial charge in [0.05, 0.1) is 12.2 Å². The third-order valence-electron chi connectivity index (χ3n) is 3.55. The van der Waals surface area contributed by atoms with Gasteiger partial charge in [0.15, 0.2) is 0 Å². The number of para-hydroxylation sites is 1. The number of guanidine groups is 1. The number of likely N-dealkylation sites (tertiary alicyclic amines) is 1. The summed E-state index contributed by atoms with van der Waals surface area (Å²) in [6, 6.07) is 10.6. The van der Waals surface area contributed by atoms with E-state index >= 15 is 0 Å². The summed E-state index contributed by atoms with van der Waals surface area (Å²) in [5.74, 6) is 0.762. The molecule has 2 aliphatic heterocycles. The second-order valence-corrected chi connectivity index (χ2v) is 5.11. The van der Waals surface area contributed by atoms with E-state index in [9.17, 15) is 0 Å². The molecular weight excluding hydrogens is 252 g/mol. The van der Waals surface area contributed by atoms with Gasteiger partial charge < -0.3 is 14.5 Å². The Bertz CT molecular complexity index is 506. The summed E-state index contributed by atoms with van der Waals surface area (Å²) in [6.45, 7) is 3.63. The van der Waals surface area contributed by atoms with E-state index in [1.807, 2.05) is 42.3 Å². The zero-order chi connectivity index (χ0) is 13.8. The highest BCUT2D eigenvalue weighted by Crippen LogP contribution is 2.16. The van der Waals surface area contributed by atoms with Crippen LogP contribution in [0.15, 0.2) is 40.3 Å². The second-order valence-electron chi connectivity index (χ2n) is 5.11. The van der Waals surface area contributed by atoms with Crippen LogP contribution in [0.25, 0.3) is 0 Å². The minimum Gasteiger partial charge on any atom is -0.463 e. The van der Waals surface area contributed by atoms with Crippen molar-refractivity contribution in [2.45, 2.75) is 12.8 Å². The molecule has 0 amide bonds. The van der Waals surface area contributed by atoms with E-state index in [-0.39, 0.29) is 0 Å². The van der Waals surface area contributed by atoms with Crippen molar-refractivity contribution < 1.29 is 4.74 Å². The zero-order valence-electron chi connectivity index (χ0n) is 11.8. The summed E-state index contributed by atoms with van der Waals surface area (Å²) < 4.78 is 5.56. The van der Waals surface area contributed by atoms with E-state index in [0.717, 1.165) is 31.3 Å². The van der Waals surface area contributed by atoms with Crippen LogP contribution in [-0.2, 0) is 4.74 Å². The van der Waals surface area contributed by atoms with Crippen LogP contribution < -0.4 is 0 Å². The third-order valence-corrected chi connectivity index (χ3v) is 3.55. The first-order chi connectivity index (χ1) is 9.83. The molecule has 1 aromatic carbocycles. The number of amidine groups is 1. The first-order valence-corrected chi connectivity index (χ1v) is 7.14. The van der Waals surface area contributed by atoms with Crippen LogP contribution in [-0.4, -0.2) is 55.1 Å². The Labute approximate surface area is 119 Å². The Balaban J connectivity index is 1.89.